The van der Waals surface area contributed by atoms with E-state index in [0.717, 1.165) is 6.42 Å². The molecule has 2 rings (SSSR count). The van der Waals surface area contributed by atoms with Crippen LogP contribution >= 0.6 is 0 Å². The minimum atomic E-state index is -0.279. The van der Waals surface area contributed by atoms with E-state index in [9.17, 15) is 4.79 Å². The molecule has 0 bridgehead atoms. The van der Waals surface area contributed by atoms with Crippen LogP contribution < -0.4 is 0 Å². The van der Waals surface area contributed by atoms with Crippen LogP contribution in [0, 0.1) is 35.5 Å². The topological polar surface area (TPSA) is 44.8 Å². The van der Waals surface area contributed by atoms with E-state index >= 15 is 0 Å². The maximum atomic E-state index is 10.7. The first kappa shape index (κ1) is 27.0. The van der Waals surface area contributed by atoms with Gasteiger partial charge in [-0.2, -0.15) is 0 Å². The molecule has 0 aliphatic carbocycles. The normalized spacial score (nSPS) is 29.4. The summed E-state index contributed by atoms with van der Waals surface area (Å²) < 4.78 is 16.3. The molecule has 0 amide bonds. The predicted molar refractivity (Wildman–Crippen MR) is 121 cm³/mol. The lowest BCUT2D eigenvalue weighted by molar-refractivity contribution is -0.147. The van der Waals surface area contributed by atoms with Gasteiger partial charge in [0.25, 0.3) is 0 Å². The molecule has 2 aliphatic heterocycles. The first-order chi connectivity index (χ1) is 13.9. The fraction of sp³-hybridized carbons (Fsp3) is 0.640. The summed E-state index contributed by atoms with van der Waals surface area (Å²) >= 11 is 0. The van der Waals surface area contributed by atoms with E-state index in [1.54, 1.807) is 6.92 Å². The van der Waals surface area contributed by atoms with E-state index in [2.05, 4.69) is 43.6 Å². The molecule has 0 radical (unpaired) electrons. The Bertz CT molecular complexity index is 648. The number of esters is 1. The van der Waals surface area contributed by atoms with Gasteiger partial charge in [-0.05, 0) is 32.4 Å². The Balaban J connectivity index is 0. The molecule has 0 aromatic heterocycles. The van der Waals surface area contributed by atoms with Gasteiger partial charge in [0.15, 0.2) is 0 Å². The summed E-state index contributed by atoms with van der Waals surface area (Å²) in [5.74, 6) is 12.1. The predicted octanol–water partition coefficient (Wildman–Crippen LogP) is 5.18. The van der Waals surface area contributed by atoms with E-state index in [1.165, 1.54) is 6.92 Å². The van der Waals surface area contributed by atoms with Crippen molar-refractivity contribution >= 4 is 5.97 Å². The van der Waals surface area contributed by atoms with Gasteiger partial charge < -0.3 is 14.2 Å². The van der Waals surface area contributed by atoms with Crippen LogP contribution in [0.2, 0.25) is 0 Å². The highest BCUT2D eigenvalue weighted by Crippen LogP contribution is 2.20. The van der Waals surface area contributed by atoms with Crippen molar-refractivity contribution in [2.24, 2.45) is 11.8 Å². The molecule has 164 valence electrons. The number of rotatable bonds is 3. The average molecular weight is 405 g/mol. The molecule has 4 nitrogen and oxygen atoms in total. The Morgan fingerprint density at radius 2 is 1.38 bits per heavy atom. The van der Waals surface area contributed by atoms with Crippen molar-refractivity contribution in [3.05, 3.63) is 24.3 Å². The van der Waals surface area contributed by atoms with Gasteiger partial charge in [0.2, 0.25) is 0 Å². The van der Waals surface area contributed by atoms with Crippen molar-refractivity contribution in [3.8, 4) is 23.7 Å². The van der Waals surface area contributed by atoms with E-state index in [4.69, 9.17) is 14.2 Å². The van der Waals surface area contributed by atoms with Gasteiger partial charge >= 0.3 is 5.97 Å². The Morgan fingerprint density at radius 3 is 1.79 bits per heavy atom. The smallest absolute Gasteiger partial charge is 0.302 e. The van der Waals surface area contributed by atoms with Crippen LogP contribution in [0.5, 0.6) is 0 Å². The largest absolute Gasteiger partial charge is 0.463 e. The van der Waals surface area contributed by atoms with Crippen LogP contribution in [0.15, 0.2) is 24.3 Å². The Hall–Kier alpha value is -2.01. The molecule has 2 heterocycles. The molecule has 0 saturated carbocycles. The van der Waals surface area contributed by atoms with Gasteiger partial charge in [-0.15, -0.1) is 11.8 Å². The van der Waals surface area contributed by atoms with Crippen LogP contribution in [0.25, 0.3) is 0 Å². The molecule has 0 aromatic carbocycles. The van der Waals surface area contributed by atoms with Crippen molar-refractivity contribution < 1.29 is 20.4 Å². The zero-order valence-electron chi connectivity index (χ0n) is 19.3. The monoisotopic (exact) mass is 404 g/mol. The van der Waals surface area contributed by atoms with Gasteiger partial charge in [0.05, 0.1) is 12.2 Å². The van der Waals surface area contributed by atoms with Crippen molar-refractivity contribution in [2.45, 2.75) is 86.2 Å². The van der Waals surface area contributed by atoms with Gasteiger partial charge in [-0.3, -0.25) is 4.79 Å². The highest BCUT2D eigenvalue weighted by atomic mass is 16.6. The van der Waals surface area contributed by atoms with Gasteiger partial charge in [0.1, 0.15) is 18.8 Å². The molecule has 6 atom stereocenters. The lowest BCUT2D eigenvalue weighted by Crippen LogP contribution is -2.33. The Morgan fingerprint density at radius 1 is 0.931 bits per heavy atom. The molecule has 0 fully saturated rings. The second-order valence-electron chi connectivity index (χ2n) is 6.68. The fourth-order valence-electron chi connectivity index (χ4n) is 2.82. The number of carbonyl (C=O) groups is 1. The third-order valence-electron chi connectivity index (χ3n) is 4.42. The van der Waals surface area contributed by atoms with Crippen molar-refractivity contribution in [1.82, 2.24) is 0 Å². The molecule has 0 N–H and O–H groups in total. The van der Waals surface area contributed by atoms with E-state index in [0.29, 0.717) is 18.6 Å². The highest BCUT2D eigenvalue weighted by molar-refractivity contribution is 5.65. The number of ether oxygens (including phenoxy) is 3. The van der Waals surface area contributed by atoms with Gasteiger partial charge in [-0.25, -0.2) is 0 Å². The quantitative estimate of drug-likeness (QED) is 0.369. The van der Waals surface area contributed by atoms with Crippen LogP contribution in [0.1, 0.15) is 63.2 Å². The Kier molecular flexibility index (Phi) is 14.8. The number of hydrogen-bond acceptors (Lipinski definition) is 4. The molecule has 0 saturated heterocycles. The SMILES string of the molecule is CC.CC#C[C@@H]1C=C[C@H](C)[C@@H](CC)O1.CC#C[C@@H]1C=C[C@H](C)[C@@H](COC(C)=O)O1.[HH]. The van der Waals surface area contributed by atoms with E-state index in [1.807, 2.05) is 45.9 Å². The molecule has 0 spiro atoms. The van der Waals surface area contributed by atoms with Gasteiger partial charge in [0, 0.05) is 20.2 Å². The van der Waals surface area contributed by atoms with Crippen LogP contribution in [-0.2, 0) is 19.0 Å². The standard InChI is InChI=1S/C12H16O3.C11H16O.C2H6.H2/c1-4-5-11-7-6-9(2)12(15-11)8-14-10(3)13;1-4-6-10-8-7-9(3)11(5-2)12-10;1-2;/h6-7,9,11-12H,8H2,1-3H3;7-11H,5H2,1-3H3;1-2H3;1H/t9-,11+,12+;9-,10+,11+;;/m00../s1. The molecule has 2 aliphatic rings. The first-order valence-corrected chi connectivity index (χ1v) is 10.6. The summed E-state index contributed by atoms with van der Waals surface area (Å²) in [7, 11) is 0. The summed E-state index contributed by atoms with van der Waals surface area (Å²) in [4.78, 5) is 10.7. The maximum Gasteiger partial charge on any atom is 0.302 e. The first-order valence-electron chi connectivity index (χ1n) is 10.6. The summed E-state index contributed by atoms with van der Waals surface area (Å²) in [6.07, 6.45) is 9.40. The summed E-state index contributed by atoms with van der Waals surface area (Å²) in [6.45, 7) is 15.7. The lowest BCUT2D eigenvalue weighted by Gasteiger charge is -2.27. The fourth-order valence-corrected chi connectivity index (χ4v) is 2.82. The van der Waals surface area contributed by atoms with Gasteiger partial charge in [-0.1, -0.05) is 58.6 Å². The van der Waals surface area contributed by atoms with Crippen LogP contribution in [0.3, 0.4) is 0 Å². The lowest BCUT2D eigenvalue weighted by atomic mass is 9.98. The number of carbonyl (C=O) groups excluding carboxylic acids is 1. The molecule has 0 aromatic rings. The van der Waals surface area contributed by atoms with Crippen molar-refractivity contribution in [2.75, 3.05) is 6.61 Å². The average Bonchev–Trinajstić information content (AvgIpc) is 2.72. The van der Waals surface area contributed by atoms with E-state index in [-0.39, 0.29) is 31.6 Å². The minimum absolute atomic E-state index is 0. The second kappa shape index (κ2) is 15.9. The minimum Gasteiger partial charge on any atom is -0.463 e. The maximum absolute atomic E-state index is 10.7. The second-order valence-corrected chi connectivity index (χ2v) is 6.68. The molecule has 29 heavy (non-hydrogen) atoms. The third kappa shape index (κ3) is 10.9. The van der Waals surface area contributed by atoms with Crippen LogP contribution in [0.4, 0.5) is 0 Å². The van der Waals surface area contributed by atoms with Crippen LogP contribution in [-0.4, -0.2) is 37.0 Å². The third-order valence-corrected chi connectivity index (χ3v) is 4.42. The Labute approximate surface area is 179 Å². The summed E-state index contributed by atoms with van der Waals surface area (Å²) in [6, 6.07) is 0. The molecule has 4 heteroatoms. The zero-order valence-corrected chi connectivity index (χ0v) is 19.3. The molecule has 0 unspecified atom stereocenters. The van der Waals surface area contributed by atoms with E-state index < -0.39 is 0 Å². The highest BCUT2D eigenvalue weighted by Gasteiger charge is 2.24. The number of hydrogen-bond donors (Lipinski definition) is 0. The zero-order chi connectivity index (χ0) is 22.2. The molecular weight excluding hydrogens is 364 g/mol. The van der Waals surface area contributed by atoms with Crippen molar-refractivity contribution in [3.63, 3.8) is 0 Å². The summed E-state index contributed by atoms with van der Waals surface area (Å²) in [5, 5.41) is 0. The summed E-state index contributed by atoms with van der Waals surface area (Å²) in [5.41, 5.74) is 0. The van der Waals surface area contributed by atoms with Crippen molar-refractivity contribution in [1.29, 1.82) is 0 Å². The molecular formula is C25H40O4.